The molecule has 1 atom stereocenters. The zero-order valence-corrected chi connectivity index (χ0v) is 10.3. The lowest BCUT2D eigenvalue weighted by Crippen LogP contribution is -2.07. The largest absolute Gasteiger partial charge is 0.396 e. The number of halogens is 1. The maximum absolute atomic E-state index is 9.45. The smallest absolute Gasteiger partial charge is 0.0503 e. The number of hydrogen-bond donors (Lipinski definition) is 1. The molecule has 0 spiro atoms. The zero-order valence-electron chi connectivity index (χ0n) is 8.77. The molecule has 0 amide bonds. The van der Waals surface area contributed by atoms with Gasteiger partial charge in [0.15, 0.2) is 0 Å². The van der Waals surface area contributed by atoms with E-state index in [9.17, 15) is 5.11 Å². The number of rotatable bonds is 4. The summed E-state index contributed by atoms with van der Waals surface area (Å²) in [5, 5.41) is 12.2. The van der Waals surface area contributed by atoms with Gasteiger partial charge in [0.25, 0.3) is 0 Å². The summed E-state index contributed by atoms with van der Waals surface area (Å²) in [7, 11) is 0. The molecule has 84 valence electrons. The van der Waals surface area contributed by atoms with Crippen LogP contribution in [0, 0.1) is 0 Å². The van der Waals surface area contributed by atoms with E-state index in [4.69, 9.17) is 11.6 Å². The molecule has 16 heavy (non-hydrogen) atoms. The van der Waals surface area contributed by atoms with E-state index in [1.807, 2.05) is 30.3 Å². The summed E-state index contributed by atoms with van der Waals surface area (Å²) >= 11 is 7.84. The van der Waals surface area contributed by atoms with E-state index in [-0.39, 0.29) is 12.5 Å². The number of aliphatic hydroxyl groups excluding tert-OH is 1. The number of hydrogen-bond acceptors (Lipinski definition) is 2. The van der Waals surface area contributed by atoms with Crippen LogP contribution in [0.4, 0.5) is 0 Å². The monoisotopic (exact) mass is 252 g/mol. The molecule has 0 radical (unpaired) electrons. The highest BCUT2D eigenvalue weighted by molar-refractivity contribution is 7.09. The minimum atomic E-state index is 0.0901. The number of benzene rings is 1. The van der Waals surface area contributed by atoms with E-state index in [2.05, 4.69) is 11.4 Å². The first-order valence-corrected chi connectivity index (χ1v) is 6.44. The van der Waals surface area contributed by atoms with Gasteiger partial charge in [0.2, 0.25) is 0 Å². The molecule has 1 aromatic heterocycles. The molecular formula is C13H13ClOS. The third-order valence-corrected chi connectivity index (χ3v) is 3.84. The lowest BCUT2D eigenvalue weighted by atomic mass is 9.96. The van der Waals surface area contributed by atoms with Crippen molar-refractivity contribution in [3.63, 3.8) is 0 Å². The Bertz CT molecular complexity index is 439. The molecular weight excluding hydrogens is 240 g/mol. The van der Waals surface area contributed by atoms with Crippen LogP contribution in [0.3, 0.4) is 0 Å². The first-order chi connectivity index (χ1) is 7.81. The predicted molar refractivity (Wildman–Crippen MR) is 69.3 cm³/mol. The van der Waals surface area contributed by atoms with Crippen LogP contribution in [-0.4, -0.2) is 11.7 Å². The van der Waals surface area contributed by atoms with Crippen molar-refractivity contribution in [2.24, 2.45) is 0 Å². The standard InChI is InChI=1S/C13H13ClOS/c14-13-6-2-1-5-12(13)10(9-15)8-11-4-3-7-16-11/h1-7,10,15H,8-9H2. The van der Waals surface area contributed by atoms with Crippen LogP contribution in [0.25, 0.3) is 0 Å². The Kier molecular flexibility index (Phi) is 3.99. The Morgan fingerprint density at radius 3 is 2.62 bits per heavy atom. The molecule has 1 heterocycles. The molecule has 0 bridgehead atoms. The van der Waals surface area contributed by atoms with Crippen LogP contribution < -0.4 is 0 Å². The van der Waals surface area contributed by atoms with Gasteiger partial charge in [-0.1, -0.05) is 35.9 Å². The normalized spacial score (nSPS) is 12.6. The molecule has 3 heteroatoms. The van der Waals surface area contributed by atoms with Crippen molar-refractivity contribution in [3.8, 4) is 0 Å². The molecule has 1 N–H and O–H groups in total. The van der Waals surface area contributed by atoms with Gasteiger partial charge in [-0.25, -0.2) is 0 Å². The van der Waals surface area contributed by atoms with E-state index >= 15 is 0 Å². The molecule has 0 aliphatic carbocycles. The van der Waals surface area contributed by atoms with Crippen molar-refractivity contribution in [2.45, 2.75) is 12.3 Å². The molecule has 1 unspecified atom stereocenters. The van der Waals surface area contributed by atoms with E-state index in [0.29, 0.717) is 0 Å². The minimum Gasteiger partial charge on any atom is -0.396 e. The van der Waals surface area contributed by atoms with E-state index < -0.39 is 0 Å². The summed E-state index contributed by atoms with van der Waals surface area (Å²) in [6.45, 7) is 0.127. The molecule has 1 aromatic carbocycles. The summed E-state index contributed by atoms with van der Waals surface area (Å²) in [6, 6.07) is 11.8. The second kappa shape index (κ2) is 5.48. The van der Waals surface area contributed by atoms with Gasteiger partial charge in [-0.05, 0) is 29.5 Å². The first-order valence-electron chi connectivity index (χ1n) is 5.19. The van der Waals surface area contributed by atoms with E-state index in [0.717, 1.165) is 17.0 Å². The van der Waals surface area contributed by atoms with Gasteiger partial charge >= 0.3 is 0 Å². The highest BCUT2D eigenvalue weighted by Crippen LogP contribution is 2.28. The number of aliphatic hydroxyl groups is 1. The van der Waals surface area contributed by atoms with Gasteiger partial charge in [0.1, 0.15) is 0 Å². The molecule has 0 aliphatic rings. The zero-order chi connectivity index (χ0) is 11.4. The van der Waals surface area contributed by atoms with Gasteiger partial charge in [0, 0.05) is 15.8 Å². The van der Waals surface area contributed by atoms with Crippen LogP contribution in [0.15, 0.2) is 41.8 Å². The maximum Gasteiger partial charge on any atom is 0.0503 e. The van der Waals surface area contributed by atoms with Gasteiger partial charge in [-0.2, -0.15) is 0 Å². The maximum atomic E-state index is 9.45. The van der Waals surface area contributed by atoms with E-state index in [1.54, 1.807) is 11.3 Å². The summed E-state index contributed by atoms with van der Waals surface area (Å²) in [5.41, 5.74) is 1.03. The lowest BCUT2D eigenvalue weighted by molar-refractivity contribution is 0.265. The van der Waals surface area contributed by atoms with Gasteiger partial charge in [-0.15, -0.1) is 11.3 Å². The molecule has 0 saturated heterocycles. The highest BCUT2D eigenvalue weighted by atomic mass is 35.5. The lowest BCUT2D eigenvalue weighted by Gasteiger charge is -2.15. The Morgan fingerprint density at radius 1 is 1.19 bits per heavy atom. The fraction of sp³-hybridized carbons (Fsp3) is 0.231. The molecule has 0 aliphatic heterocycles. The SMILES string of the molecule is OCC(Cc1cccs1)c1ccccc1Cl. The Balaban J connectivity index is 2.20. The highest BCUT2D eigenvalue weighted by Gasteiger charge is 2.14. The number of thiophene rings is 1. The summed E-state index contributed by atoms with van der Waals surface area (Å²) in [5.74, 6) is 0.0901. The van der Waals surface area contributed by atoms with Crippen molar-refractivity contribution in [1.29, 1.82) is 0 Å². The van der Waals surface area contributed by atoms with Crippen molar-refractivity contribution in [2.75, 3.05) is 6.61 Å². The quantitative estimate of drug-likeness (QED) is 0.879. The topological polar surface area (TPSA) is 20.2 Å². The predicted octanol–water partition coefficient (Wildman–Crippen LogP) is 3.72. The molecule has 2 aromatic rings. The average Bonchev–Trinajstić information content (AvgIpc) is 2.80. The fourth-order valence-corrected chi connectivity index (χ4v) is 2.83. The van der Waals surface area contributed by atoms with Crippen LogP contribution >= 0.6 is 22.9 Å². The molecule has 1 nitrogen and oxygen atoms in total. The minimum absolute atomic E-state index is 0.0901. The molecule has 0 fully saturated rings. The molecule has 2 rings (SSSR count). The Hall–Kier alpha value is -0.830. The second-order valence-electron chi connectivity index (χ2n) is 3.68. The van der Waals surface area contributed by atoms with Crippen molar-refractivity contribution in [3.05, 3.63) is 57.2 Å². The third-order valence-electron chi connectivity index (χ3n) is 2.59. The van der Waals surface area contributed by atoms with Crippen LogP contribution in [-0.2, 0) is 6.42 Å². The summed E-state index contributed by atoms with van der Waals surface area (Å²) < 4.78 is 0. The van der Waals surface area contributed by atoms with Crippen LogP contribution in [0.2, 0.25) is 5.02 Å². The third kappa shape index (κ3) is 2.64. The Labute approximate surface area is 104 Å². The van der Waals surface area contributed by atoms with E-state index in [1.165, 1.54) is 4.88 Å². The average molecular weight is 253 g/mol. The molecule has 0 saturated carbocycles. The Morgan fingerprint density at radius 2 is 2.00 bits per heavy atom. The fourth-order valence-electron chi connectivity index (χ4n) is 1.75. The van der Waals surface area contributed by atoms with Gasteiger partial charge in [0.05, 0.1) is 6.61 Å². The van der Waals surface area contributed by atoms with Gasteiger partial charge < -0.3 is 5.11 Å². The second-order valence-corrected chi connectivity index (χ2v) is 5.12. The van der Waals surface area contributed by atoms with Crippen LogP contribution in [0.1, 0.15) is 16.4 Å². The van der Waals surface area contributed by atoms with Crippen molar-refractivity contribution in [1.82, 2.24) is 0 Å². The van der Waals surface area contributed by atoms with Gasteiger partial charge in [-0.3, -0.25) is 0 Å². The van der Waals surface area contributed by atoms with Crippen LogP contribution in [0.5, 0.6) is 0 Å². The summed E-state index contributed by atoms with van der Waals surface area (Å²) in [6.07, 6.45) is 0.845. The van der Waals surface area contributed by atoms with Crippen molar-refractivity contribution >= 4 is 22.9 Å². The first kappa shape index (κ1) is 11.6. The summed E-state index contributed by atoms with van der Waals surface area (Å²) in [4.78, 5) is 1.28. The van der Waals surface area contributed by atoms with Crippen molar-refractivity contribution < 1.29 is 5.11 Å².